The van der Waals surface area contributed by atoms with Gasteiger partial charge in [-0.05, 0) is 6.42 Å². The molecule has 0 atom stereocenters. The standard InChI is InChI=1S/C18H38O.H2O.O.Ti/c1-2-3-4-5-6-7-8-9-10-11-12-13-14-15-16-17-18-19;;;/h19H,2-18H2,1H3;1H2;;/q;;;+1/p-1. The second kappa shape index (κ2) is 26.3. The Morgan fingerprint density at radius 1 is 0.591 bits per heavy atom. The number of hydrogen-bond donors (Lipinski definition) is 2. The molecule has 133 valence electrons. The number of hydrogen-bond acceptors (Lipinski definition) is 2. The molecule has 22 heavy (non-hydrogen) atoms. The summed E-state index contributed by atoms with van der Waals surface area (Å²) >= 11 is -1.75. The van der Waals surface area contributed by atoms with Gasteiger partial charge < -0.3 is 5.11 Å². The van der Waals surface area contributed by atoms with Gasteiger partial charge >= 0.3 is 26.5 Å². The van der Waals surface area contributed by atoms with Gasteiger partial charge in [-0.3, -0.25) is 0 Å². The molecule has 0 amide bonds. The summed E-state index contributed by atoms with van der Waals surface area (Å²) in [5, 5.41) is 8.67. The van der Waals surface area contributed by atoms with Crippen molar-refractivity contribution in [2.24, 2.45) is 0 Å². The van der Waals surface area contributed by atoms with Crippen LogP contribution in [-0.4, -0.2) is 15.4 Å². The second-order valence-corrected chi connectivity index (χ2v) is 6.40. The molecule has 0 fully saturated rings. The molecule has 4 heteroatoms. The summed E-state index contributed by atoms with van der Waals surface area (Å²) in [7, 11) is 0. The SMILES string of the molecule is CCCCCCCCCCCCCCCCCCO.[O]=[Ti][OH]. The zero-order valence-corrected chi connectivity index (χ0v) is 16.4. The number of rotatable bonds is 16. The molecule has 0 aromatic carbocycles. The summed E-state index contributed by atoms with van der Waals surface area (Å²) in [6.45, 7) is 2.66. The number of unbranched alkanes of at least 4 members (excludes halogenated alkanes) is 15. The van der Waals surface area contributed by atoms with Crippen LogP contribution in [0.5, 0.6) is 0 Å². The molecular formula is C18H39O3Ti. The molecule has 0 aromatic rings. The van der Waals surface area contributed by atoms with Gasteiger partial charge in [0.15, 0.2) is 0 Å². The Kier molecular flexibility index (Phi) is 29.6. The predicted molar refractivity (Wildman–Crippen MR) is 89.5 cm³/mol. The minimum atomic E-state index is -1.75. The molecule has 0 aromatic heterocycles. The Bertz CT molecular complexity index is 173. The average Bonchev–Trinajstić information content (AvgIpc) is 2.52. The summed E-state index contributed by atoms with van der Waals surface area (Å²) in [5.74, 6) is 0. The van der Waals surface area contributed by atoms with Gasteiger partial charge in [-0.15, -0.1) is 0 Å². The van der Waals surface area contributed by atoms with Crippen LogP contribution in [0.15, 0.2) is 0 Å². The van der Waals surface area contributed by atoms with Crippen LogP contribution in [0.2, 0.25) is 0 Å². The van der Waals surface area contributed by atoms with Crippen LogP contribution >= 0.6 is 0 Å². The van der Waals surface area contributed by atoms with Crippen molar-refractivity contribution in [2.75, 3.05) is 6.61 Å². The van der Waals surface area contributed by atoms with Gasteiger partial charge in [-0.2, -0.15) is 0 Å². The van der Waals surface area contributed by atoms with Crippen molar-refractivity contribution < 1.29 is 31.6 Å². The first kappa shape index (κ1) is 24.7. The Morgan fingerprint density at radius 2 is 0.818 bits per heavy atom. The van der Waals surface area contributed by atoms with E-state index in [2.05, 4.69) is 6.92 Å². The molecule has 0 aliphatic rings. The van der Waals surface area contributed by atoms with Crippen LogP contribution in [0.25, 0.3) is 0 Å². The maximum atomic E-state index is 8.67. The fraction of sp³-hybridized carbons (Fsp3) is 1.00. The van der Waals surface area contributed by atoms with Crippen LogP contribution in [0.1, 0.15) is 110 Å². The zero-order chi connectivity index (χ0) is 16.7. The van der Waals surface area contributed by atoms with Crippen molar-refractivity contribution in [1.82, 2.24) is 0 Å². The average molecular weight is 351 g/mol. The van der Waals surface area contributed by atoms with Crippen molar-refractivity contribution >= 4 is 0 Å². The van der Waals surface area contributed by atoms with Crippen LogP contribution in [0.3, 0.4) is 0 Å². The van der Waals surface area contributed by atoms with E-state index in [0.717, 1.165) is 6.42 Å². The van der Waals surface area contributed by atoms with Crippen LogP contribution < -0.4 is 0 Å². The van der Waals surface area contributed by atoms with Gasteiger partial charge in [-0.25, -0.2) is 0 Å². The van der Waals surface area contributed by atoms with Crippen molar-refractivity contribution in [3.05, 3.63) is 0 Å². The van der Waals surface area contributed by atoms with Gasteiger partial charge in [0.1, 0.15) is 0 Å². The Morgan fingerprint density at radius 3 is 1.05 bits per heavy atom. The Labute approximate surface area is 148 Å². The van der Waals surface area contributed by atoms with E-state index in [-0.39, 0.29) is 0 Å². The molecule has 0 aliphatic carbocycles. The molecule has 0 saturated carbocycles. The van der Waals surface area contributed by atoms with Crippen molar-refractivity contribution in [3.63, 3.8) is 0 Å². The number of aliphatic hydroxyl groups excluding tert-OH is 1. The van der Waals surface area contributed by atoms with Gasteiger partial charge in [-0.1, -0.05) is 103 Å². The Hall–Kier alpha value is 0.434. The van der Waals surface area contributed by atoms with Gasteiger partial charge in [0.05, 0.1) is 0 Å². The first-order valence-corrected chi connectivity index (χ1v) is 10.8. The molecule has 0 bridgehead atoms. The van der Waals surface area contributed by atoms with E-state index in [1.54, 1.807) is 0 Å². The van der Waals surface area contributed by atoms with E-state index in [1.807, 2.05) is 0 Å². The molecule has 3 nitrogen and oxygen atoms in total. The number of aliphatic hydroxyl groups is 1. The zero-order valence-electron chi connectivity index (χ0n) is 14.8. The van der Waals surface area contributed by atoms with Crippen molar-refractivity contribution in [2.45, 2.75) is 110 Å². The van der Waals surface area contributed by atoms with Crippen molar-refractivity contribution in [3.8, 4) is 0 Å². The third-order valence-corrected chi connectivity index (χ3v) is 4.01. The molecule has 0 unspecified atom stereocenters. The summed E-state index contributed by atoms with van der Waals surface area (Å²) in [6, 6.07) is 0. The van der Waals surface area contributed by atoms with E-state index < -0.39 is 19.5 Å². The molecule has 0 aliphatic heterocycles. The van der Waals surface area contributed by atoms with Crippen LogP contribution in [0.4, 0.5) is 0 Å². The van der Waals surface area contributed by atoms with Crippen molar-refractivity contribution in [1.29, 1.82) is 0 Å². The third-order valence-electron chi connectivity index (χ3n) is 4.01. The van der Waals surface area contributed by atoms with Crippen LogP contribution in [0, 0.1) is 0 Å². The maximum absolute atomic E-state index is 8.67. The van der Waals surface area contributed by atoms with E-state index in [4.69, 9.17) is 12.1 Å². The molecular weight excluding hydrogens is 312 g/mol. The molecule has 0 heterocycles. The Balaban J connectivity index is 0. The first-order chi connectivity index (χ1) is 10.8. The monoisotopic (exact) mass is 351 g/mol. The predicted octanol–water partition coefficient (Wildman–Crippen LogP) is 5.56. The van der Waals surface area contributed by atoms with E-state index in [9.17, 15) is 0 Å². The van der Waals surface area contributed by atoms with E-state index >= 15 is 0 Å². The molecule has 0 rings (SSSR count). The molecule has 2 N–H and O–H groups in total. The third kappa shape index (κ3) is 28.6. The van der Waals surface area contributed by atoms with Gasteiger partial charge in [0.2, 0.25) is 0 Å². The van der Waals surface area contributed by atoms with E-state index in [1.165, 1.54) is 96.3 Å². The van der Waals surface area contributed by atoms with Gasteiger partial charge in [0.25, 0.3) is 0 Å². The molecule has 0 saturated heterocycles. The second-order valence-electron chi connectivity index (χ2n) is 6.12. The van der Waals surface area contributed by atoms with E-state index in [0.29, 0.717) is 6.61 Å². The topological polar surface area (TPSA) is 57.5 Å². The van der Waals surface area contributed by atoms with Crippen LogP contribution in [-0.2, 0) is 22.8 Å². The fourth-order valence-electron chi connectivity index (χ4n) is 2.66. The molecule has 0 radical (unpaired) electrons. The van der Waals surface area contributed by atoms with Gasteiger partial charge in [0, 0.05) is 6.61 Å². The first-order valence-electron chi connectivity index (χ1n) is 9.45. The molecule has 0 spiro atoms. The summed E-state index contributed by atoms with van der Waals surface area (Å²) in [6.07, 6.45) is 22.2. The fourth-order valence-corrected chi connectivity index (χ4v) is 2.66. The summed E-state index contributed by atoms with van der Waals surface area (Å²) < 4.78 is 15.8. The summed E-state index contributed by atoms with van der Waals surface area (Å²) in [5.41, 5.74) is 0. The normalized spacial score (nSPS) is 9.95. The summed E-state index contributed by atoms with van der Waals surface area (Å²) in [4.78, 5) is 0. The quantitative estimate of drug-likeness (QED) is 0.283. The minimum absolute atomic E-state index is 0.373.